The molecule has 0 radical (unpaired) electrons. The molecule has 0 heterocycles. The SMILES string of the molecule is CCOc1cc(CNCCNc2ccc([N+](=O)[O-])cc2)cc(Br)c1OCc1ccc(Cl)cc1Cl. The summed E-state index contributed by atoms with van der Waals surface area (Å²) in [5, 5.41) is 18.4. The molecule has 0 saturated heterocycles. The molecule has 3 rings (SSSR count). The predicted molar refractivity (Wildman–Crippen MR) is 139 cm³/mol. The Kier molecular flexibility index (Phi) is 9.83. The molecule has 34 heavy (non-hydrogen) atoms. The minimum Gasteiger partial charge on any atom is -0.490 e. The lowest BCUT2D eigenvalue weighted by Crippen LogP contribution is -2.21. The van der Waals surface area contributed by atoms with Gasteiger partial charge >= 0.3 is 0 Å². The highest BCUT2D eigenvalue weighted by molar-refractivity contribution is 9.10. The van der Waals surface area contributed by atoms with E-state index in [9.17, 15) is 10.1 Å². The second kappa shape index (κ2) is 12.8. The Bertz CT molecular complexity index is 1130. The smallest absolute Gasteiger partial charge is 0.269 e. The van der Waals surface area contributed by atoms with Crippen LogP contribution in [0.4, 0.5) is 11.4 Å². The van der Waals surface area contributed by atoms with E-state index >= 15 is 0 Å². The van der Waals surface area contributed by atoms with Gasteiger partial charge in [-0.05, 0) is 64.8 Å². The topological polar surface area (TPSA) is 85.7 Å². The van der Waals surface area contributed by atoms with Gasteiger partial charge in [-0.25, -0.2) is 0 Å². The van der Waals surface area contributed by atoms with Gasteiger partial charge in [0.15, 0.2) is 11.5 Å². The second-order valence-electron chi connectivity index (χ2n) is 7.27. The summed E-state index contributed by atoms with van der Waals surface area (Å²) in [6.45, 7) is 4.69. The first kappa shape index (κ1) is 26.1. The highest BCUT2D eigenvalue weighted by Crippen LogP contribution is 2.38. The number of nitrogens with zero attached hydrogens (tertiary/aromatic N) is 1. The molecule has 0 amide bonds. The number of halogens is 3. The highest BCUT2D eigenvalue weighted by atomic mass is 79.9. The highest BCUT2D eigenvalue weighted by Gasteiger charge is 2.14. The number of ether oxygens (including phenoxy) is 2. The Morgan fingerprint density at radius 2 is 1.79 bits per heavy atom. The van der Waals surface area contributed by atoms with Crippen LogP contribution in [0.3, 0.4) is 0 Å². The molecule has 0 aliphatic carbocycles. The fraction of sp³-hybridized carbons (Fsp3) is 0.250. The molecular formula is C24H24BrCl2N3O4. The Hall–Kier alpha value is -2.52. The van der Waals surface area contributed by atoms with Crippen LogP contribution < -0.4 is 20.1 Å². The molecule has 3 aromatic carbocycles. The third-order valence-electron chi connectivity index (χ3n) is 4.79. The van der Waals surface area contributed by atoms with Gasteiger partial charge in [0.2, 0.25) is 0 Å². The van der Waals surface area contributed by atoms with Gasteiger partial charge in [-0.2, -0.15) is 0 Å². The fourth-order valence-electron chi connectivity index (χ4n) is 3.14. The van der Waals surface area contributed by atoms with Crippen LogP contribution in [0.2, 0.25) is 10.0 Å². The third kappa shape index (κ3) is 7.50. The minimum atomic E-state index is -0.414. The lowest BCUT2D eigenvalue weighted by atomic mass is 10.2. The van der Waals surface area contributed by atoms with E-state index in [0.29, 0.717) is 47.8 Å². The molecule has 0 saturated carbocycles. The Labute approximate surface area is 216 Å². The number of hydrogen-bond donors (Lipinski definition) is 2. The van der Waals surface area contributed by atoms with E-state index in [1.165, 1.54) is 12.1 Å². The maximum Gasteiger partial charge on any atom is 0.269 e. The zero-order valence-electron chi connectivity index (χ0n) is 18.4. The predicted octanol–water partition coefficient (Wildman–Crippen LogP) is 6.84. The lowest BCUT2D eigenvalue weighted by molar-refractivity contribution is -0.384. The first-order chi connectivity index (χ1) is 16.4. The van der Waals surface area contributed by atoms with Gasteiger partial charge in [0.05, 0.1) is 16.0 Å². The van der Waals surface area contributed by atoms with Gasteiger partial charge in [-0.3, -0.25) is 10.1 Å². The number of nitro groups is 1. The summed E-state index contributed by atoms with van der Waals surface area (Å²) in [5.41, 5.74) is 2.76. The van der Waals surface area contributed by atoms with Crippen LogP contribution in [0.5, 0.6) is 11.5 Å². The van der Waals surface area contributed by atoms with Crippen LogP contribution in [0.25, 0.3) is 0 Å². The summed E-state index contributed by atoms with van der Waals surface area (Å²) >= 11 is 15.8. The molecule has 0 bridgehead atoms. The molecule has 180 valence electrons. The molecule has 0 aliphatic rings. The maximum atomic E-state index is 10.7. The van der Waals surface area contributed by atoms with Crippen molar-refractivity contribution in [2.45, 2.75) is 20.1 Å². The minimum absolute atomic E-state index is 0.0723. The first-order valence-electron chi connectivity index (χ1n) is 10.6. The van der Waals surface area contributed by atoms with Crippen LogP contribution in [-0.2, 0) is 13.2 Å². The number of anilines is 1. The van der Waals surface area contributed by atoms with Gasteiger partial charge in [-0.15, -0.1) is 0 Å². The molecule has 10 heteroatoms. The van der Waals surface area contributed by atoms with Crippen molar-refractivity contribution in [3.8, 4) is 11.5 Å². The lowest BCUT2D eigenvalue weighted by Gasteiger charge is -2.16. The standard InChI is InChI=1S/C24H24BrCl2N3O4/c1-2-33-23-12-16(14-28-9-10-29-19-5-7-20(8-6-19)30(31)32)11-21(25)24(23)34-15-17-3-4-18(26)13-22(17)27/h3-8,11-13,28-29H,2,9-10,14-15H2,1H3. The van der Waals surface area contributed by atoms with Crippen molar-refractivity contribution in [3.63, 3.8) is 0 Å². The van der Waals surface area contributed by atoms with E-state index in [4.69, 9.17) is 32.7 Å². The van der Waals surface area contributed by atoms with Crippen LogP contribution in [0, 0.1) is 10.1 Å². The molecule has 0 fully saturated rings. The molecule has 2 N–H and O–H groups in total. The van der Waals surface area contributed by atoms with Crippen LogP contribution in [0.15, 0.2) is 59.1 Å². The van der Waals surface area contributed by atoms with Gasteiger partial charge in [-0.1, -0.05) is 29.3 Å². The quantitative estimate of drug-likeness (QED) is 0.141. The summed E-state index contributed by atoms with van der Waals surface area (Å²) in [6.07, 6.45) is 0. The molecule has 0 spiro atoms. The summed E-state index contributed by atoms with van der Waals surface area (Å²) in [5.74, 6) is 1.25. The van der Waals surface area contributed by atoms with Gasteiger partial charge in [0.25, 0.3) is 5.69 Å². The van der Waals surface area contributed by atoms with Crippen LogP contribution >= 0.6 is 39.1 Å². The monoisotopic (exact) mass is 567 g/mol. The average Bonchev–Trinajstić information content (AvgIpc) is 2.80. The van der Waals surface area contributed by atoms with Crippen molar-refractivity contribution in [1.82, 2.24) is 5.32 Å². The van der Waals surface area contributed by atoms with Crippen molar-refractivity contribution in [1.29, 1.82) is 0 Å². The van der Waals surface area contributed by atoms with Crippen molar-refractivity contribution in [2.24, 2.45) is 0 Å². The molecule has 0 aromatic heterocycles. The molecular weight excluding hydrogens is 545 g/mol. The second-order valence-corrected chi connectivity index (χ2v) is 8.97. The number of benzene rings is 3. The molecule has 0 atom stereocenters. The van der Waals surface area contributed by atoms with Gasteiger partial charge in [0, 0.05) is 53.1 Å². The fourth-order valence-corrected chi connectivity index (χ4v) is 4.21. The van der Waals surface area contributed by atoms with Crippen molar-refractivity contribution in [3.05, 3.63) is 90.4 Å². The molecule has 7 nitrogen and oxygen atoms in total. The number of nitrogens with one attached hydrogen (secondary N) is 2. The Balaban J connectivity index is 1.54. The zero-order chi connectivity index (χ0) is 24.5. The van der Waals surface area contributed by atoms with E-state index in [1.807, 2.05) is 25.1 Å². The van der Waals surface area contributed by atoms with E-state index in [0.717, 1.165) is 21.3 Å². The van der Waals surface area contributed by atoms with E-state index in [-0.39, 0.29) is 12.3 Å². The summed E-state index contributed by atoms with van der Waals surface area (Å²) < 4.78 is 12.6. The summed E-state index contributed by atoms with van der Waals surface area (Å²) in [6, 6.07) is 15.6. The normalized spacial score (nSPS) is 10.7. The first-order valence-corrected chi connectivity index (χ1v) is 12.1. The van der Waals surface area contributed by atoms with E-state index in [1.54, 1.807) is 24.3 Å². The largest absolute Gasteiger partial charge is 0.490 e. The number of nitro benzene ring substituents is 1. The number of rotatable bonds is 12. The number of hydrogen-bond acceptors (Lipinski definition) is 6. The Morgan fingerprint density at radius 1 is 1.03 bits per heavy atom. The average molecular weight is 569 g/mol. The van der Waals surface area contributed by atoms with Gasteiger partial charge < -0.3 is 20.1 Å². The molecule has 3 aromatic rings. The Morgan fingerprint density at radius 3 is 2.47 bits per heavy atom. The summed E-state index contributed by atoms with van der Waals surface area (Å²) in [4.78, 5) is 10.3. The third-order valence-corrected chi connectivity index (χ3v) is 5.97. The van der Waals surface area contributed by atoms with E-state index in [2.05, 4.69) is 26.6 Å². The maximum absolute atomic E-state index is 10.7. The van der Waals surface area contributed by atoms with Crippen molar-refractivity contribution in [2.75, 3.05) is 25.0 Å². The number of non-ortho nitro benzene ring substituents is 1. The van der Waals surface area contributed by atoms with Crippen molar-refractivity contribution >= 4 is 50.5 Å². The molecule has 0 unspecified atom stereocenters. The van der Waals surface area contributed by atoms with Crippen LogP contribution in [-0.4, -0.2) is 24.6 Å². The zero-order valence-corrected chi connectivity index (χ0v) is 21.5. The van der Waals surface area contributed by atoms with E-state index < -0.39 is 4.92 Å². The van der Waals surface area contributed by atoms with Crippen molar-refractivity contribution < 1.29 is 14.4 Å². The summed E-state index contributed by atoms with van der Waals surface area (Å²) in [7, 11) is 0. The molecule has 0 aliphatic heterocycles. The van der Waals surface area contributed by atoms with Crippen LogP contribution in [0.1, 0.15) is 18.1 Å². The van der Waals surface area contributed by atoms with Gasteiger partial charge in [0.1, 0.15) is 6.61 Å².